The number of tetrazole rings is 1. The van der Waals surface area contributed by atoms with Crippen molar-refractivity contribution < 1.29 is 28.5 Å². The molecule has 1 aromatic heterocycles. The van der Waals surface area contributed by atoms with Crippen LogP contribution in [-0.2, 0) is 37.2 Å². The van der Waals surface area contributed by atoms with Crippen LogP contribution in [0.15, 0.2) is 29.4 Å². The number of thioether (sulfide) groups is 2. The lowest BCUT2D eigenvalue weighted by Crippen LogP contribution is -2.67. The molecule has 0 bridgehead atoms. The number of non-ortho nitro benzene ring substituents is 1. The number of nitrogens with zero attached hydrogens (tertiary/aromatic N) is 6. The van der Waals surface area contributed by atoms with Crippen LogP contribution in [0.2, 0.25) is 18.1 Å². The average molecular weight is 645 g/mol. The molecule has 0 aliphatic carbocycles. The molecule has 2 aromatic rings. The Balaban J connectivity index is 1.72. The molecular formula is C24H33ClN6O7S2Si. The van der Waals surface area contributed by atoms with Gasteiger partial charge in [-0.25, -0.2) is 9.48 Å². The maximum absolute atomic E-state index is 13.4. The van der Waals surface area contributed by atoms with E-state index in [1.54, 1.807) is 14.0 Å². The number of hydrogen-bond donors (Lipinski definition) is 0. The van der Waals surface area contributed by atoms with Crippen molar-refractivity contribution in [3.8, 4) is 0 Å². The molecule has 0 N–H and O–H groups in total. The van der Waals surface area contributed by atoms with Gasteiger partial charge in [0.2, 0.25) is 21.7 Å². The van der Waals surface area contributed by atoms with Crippen LogP contribution in [0.3, 0.4) is 0 Å². The fraction of sp³-hybridized carbons (Fsp3) is 0.583. The molecule has 13 nitrogen and oxygen atoms in total. The molecule has 1 amide bonds. The Bertz CT molecular complexity index is 1290. The second-order valence-electron chi connectivity index (χ2n) is 11.0. The summed E-state index contributed by atoms with van der Waals surface area (Å²) in [5.74, 6) is -1.98. The maximum atomic E-state index is 13.4. The Morgan fingerprint density at radius 3 is 2.41 bits per heavy atom. The number of carbonyl (C=O) groups excluding carboxylic acids is 3. The Kier molecular flexibility index (Phi) is 10.6. The molecule has 41 heavy (non-hydrogen) atoms. The fourth-order valence-electron chi connectivity index (χ4n) is 3.72. The van der Waals surface area contributed by atoms with E-state index in [2.05, 4.69) is 49.4 Å². The van der Waals surface area contributed by atoms with E-state index in [0.717, 1.165) is 28.4 Å². The van der Waals surface area contributed by atoms with E-state index in [1.165, 1.54) is 28.9 Å². The Hall–Kier alpha value is -2.53. The number of halogens is 1. The highest BCUT2D eigenvalue weighted by Crippen LogP contribution is 2.44. The number of aromatic nitrogens is 4. The summed E-state index contributed by atoms with van der Waals surface area (Å²) in [6.45, 7) is 12.0. The summed E-state index contributed by atoms with van der Waals surface area (Å²) in [5.41, 5.74) is -1.08. The van der Waals surface area contributed by atoms with E-state index in [9.17, 15) is 24.5 Å². The minimum atomic E-state index is -2.26. The summed E-state index contributed by atoms with van der Waals surface area (Å²) in [4.78, 5) is 50.7. The first-order chi connectivity index (χ1) is 19.0. The SMILES string of the molecule is C[C@H](O[Si](C)(C)C(C)(C)C)[C@@H]1C(=O)N(C(Cl)C(=O)OCc2ccc([N+](=O)[O-])cc2)[C@@H]1SC(=O)CSc1nnnn1C. The third-order valence-electron chi connectivity index (χ3n) is 7.03. The number of rotatable bonds is 12. The number of benzene rings is 1. The molecule has 1 unspecified atom stereocenters. The van der Waals surface area contributed by atoms with Crippen LogP contribution in [0.25, 0.3) is 0 Å². The number of aryl methyl sites for hydroxylation is 1. The van der Waals surface area contributed by atoms with Gasteiger partial charge in [0, 0.05) is 19.2 Å². The summed E-state index contributed by atoms with van der Waals surface area (Å²) in [7, 11) is -0.608. The van der Waals surface area contributed by atoms with Crippen molar-refractivity contribution in [3.63, 3.8) is 0 Å². The van der Waals surface area contributed by atoms with E-state index >= 15 is 0 Å². The van der Waals surface area contributed by atoms with E-state index in [0.29, 0.717) is 10.7 Å². The zero-order chi connectivity index (χ0) is 30.7. The Morgan fingerprint density at radius 1 is 1.24 bits per heavy atom. The summed E-state index contributed by atoms with van der Waals surface area (Å²) in [6, 6.07) is 5.51. The van der Waals surface area contributed by atoms with Crippen LogP contribution in [0.1, 0.15) is 33.3 Å². The zero-order valence-electron chi connectivity index (χ0n) is 23.8. The van der Waals surface area contributed by atoms with Gasteiger partial charge >= 0.3 is 5.97 Å². The van der Waals surface area contributed by atoms with Gasteiger partial charge in [-0.05, 0) is 53.2 Å². The van der Waals surface area contributed by atoms with Crippen LogP contribution in [0, 0.1) is 16.0 Å². The number of amides is 1. The van der Waals surface area contributed by atoms with Crippen LogP contribution < -0.4 is 0 Å². The number of nitro benzene ring substituents is 1. The van der Waals surface area contributed by atoms with Gasteiger partial charge in [0.25, 0.3) is 5.69 Å². The quantitative estimate of drug-likeness (QED) is 0.0479. The van der Waals surface area contributed by atoms with Crippen molar-refractivity contribution in [1.82, 2.24) is 25.1 Å². The van der Waals surface area contributed by atoms with Crippen LogP contribution in [0.4, 0.5) is 5.69 Å². The standard InChI is InChI=1S/C24H33ClN6O7S2Si/c1-14(38-41(6,7)24(2,3)4)18-20(33)30(21(18)40-17(32)13-39-23-26-27-28-29(23)5)19(25)22(34)37-12-15-8-10-16(11-9-15)31(35)36/h8-11,14,18-19,21H,12-13H2,1-7H3/t14-,18+,19?,21+/m0/s1. The lowest BCUT2D eigenvalue weighted by atomic mass is 9.93. The highest BCUT2D eigenvalue weighted by atomic mass is 35.5. The number of carbonyl (C=O) groups is 3. The minimum Gasteiger partial charge on any atom is -0.458 e. The second kappa shape index (κ2) is 13.2. The topological polar surface area (TPSA) is 160 Å². The number of likely N-dealkylation sites (tertiary alicyclic amines) is 1. The molecule has 0 saturated carbocycles. The predicted octanol–water partition coefficient (Wildman–Crippen LogP) is 3.97. The van der Waals surface area contributed by atoms with Crippen LogP contribution >= 0.6 is 35.1 Å². The average Bonchev–Trinajstić information content (AvgIpc) is 3.29. The van der Waals surface area contributed by atoms with Crippen LogP contribution in [0.5, 0.6) is 0 Å². The van der Waals surface area contributed by atoms with E-state index < -0.39 is 48.0 Å². The van der Waals surface area contributed by atoms with Crippen molar-refractivity contribution in [2.45, 2.75) is 74.6 Å². The molecule has 0 radical (unpaired) electrons. The van der Waals surface area contributed by atoms with Gasteiger partial charge in [-0.3, -0.25) is 19.7 Å². The predicted molar refractivity (Wildman–Crippen MR) is 157 cm³/mol. The highest BCUT2D eigenvalue weighted by Gasteiger charge is 2.57. The van der Waals surface area contributed by atoms with Crippen molar-refractivity contribution in [2.24, 2.45) is 13.0 Å². The molecule has 0 spiro atoms. The largest absolute Gasteiger partial charge is 0.458 e. The van der Waals surface area contributed by atoms with Gasteiger partial charge in [0.1, 0.15) is 12.0 Å². The molecule has 4 atom stereocenters. The van der Waals surface area contributed by atoms with Crippen molar-refractivity contribution in [2.75, 3.05) is 5.75 Å². The zero-order valence-corrected chi connectivity index (χ0v) is 27.2. The Labute approximate surface area is 252 Å². The van der Waals surface area contributed by atoms with E-state index in [4.69, 9.17) is 20.8 Å². The van der Waals surface area contributed by atoms with Gasteiger partial charge in [-0.2, -0.15) is 0 Å². The third-order valence-corrected chi connectivity index (χ3v) is 14.4. The summed E-state index contributed by atoms with van der Waals surface area (Å²) in [5, 5.41) is 21.3. The lowest BCUT2D eigenvalue weighted by molar-refractivity contribution is -0.384. The van der Waals surface area contributed by atoms with Crippen molar-refractivity contribution >= 4 is 66.1 Å². The van der Waals surface area contributed by atoms with E-state index in [-0.39, 0.29) is 28.2 Å². The molecule has 1 aliphatic rings. The molecule has 2 heterocycles. The first-order valence-electron chi connectivity index (χ1n) is 12.6. The maximum Gasteiger partial charge on any atom is 0.345 e. The van der Waals surface area contributed by atoms with Crippen LogP contribution in [-0.4, -0.2) is 78.1 Å². The summed E-state index contributed by atoms with van der Waals surface area (Å²) in [6.07, 6.45) is -0.527. The lowest BCUT2D eigenvalue weighted by Gasteiger charge is -2.51. The Morgan fingerprint density at radius 2 is 1.88 bits per heavy atom. The summed E-state index contributed by atoms with van der Waals surface area (Å²) < 4.78 is 13.2. The van der Waals surface area contributed by atoms with Gasteiger partial charge in [0.05, 0.1) is 22.7 Å². The molecule has 1 fully saturated rings. The van der Waals surface area contributed by atoms with Crippen molar-refractivity contribution in [3.05, 3.63) is 39.9 Å². The number of nitro groups is 1. The first-order valence-corrected chi connectivity index (χ1v) is 17.8. The number of ether oxygens (including phenoxy) is 1. The number of hydrogen-bond acceptors (Lipinski definition) is 12. The smallest absolute Gasteiger partial charge is 0.345 e. The number of β-lactam (4-membered cyclic amide) rings is 1. The molecule has 17 heteroatoms. The molecular weight excluding hydrogens is 612 g/mol. The number of alkyl halides is 1. The highest BCUT2D eigenvalue weighted by molar-refractivity contribution is 8.16. The third kappa shape index (κ3) is 7.85. The molecule has 1 saturated heterocycles. The molecule has 224 valence electrons. The summed E-state index contributed by atoms with van der Waals surface area (Å²) >= 11 is 8.50. The molecule has 3 rings (SSSR count). The number of esters is 1. The van der Waals surface area contributed by atoms with Gasteiger partial charge in [-0.1, -0.05) is 55.9 Å². The molecule has 1 aromatic carbocycles. The fourth-order valence-corrected chi connectivity index (χ4v) is 7.60. The second-order valence-corrected chi connectivity index (χ2v) is 18.3. The van der Waals surface area contributed by atoms with Gasteiger partial charge in [-0.15, -0.1) is 5.10 Å². The molecule has 1 aliphatic heterocycles. The minimum absolute atomic E-state index is 0.0269. The van der Waals surface area contributed by atoms with Crippen molar-refractivity contribution in [1.29, 1.82) is 0 Å². The normalized spacial score (nSPS) is 18.9. The van der Waals surface area contributed by atoms with Gasteiger partial charge < -0.3 is 14.1 Å². The van der Waals surface area contributed by atoms with Gasteiger partial charge in [0.15, 0.2) is 8.32 Å². The first kappa shape index (κ1) is 33.0. The van der Waals surface area contributed by atoms with E-state index in [1.807, 2.05) is 0 Å². The monoisotopic (exact) mass is 644 g/mol.